The monoisotopic (exact) mass is 368 g/mol. The molecule has 6 heteroatoms. The summed E-state index contributed by atoms with van der Waals surface area (Å²) >= 11 is 6.11. The highest BCUT2D eigenvalue weighted by Gasteiger charge is 2.26. The molecule has 0 spiro atoms. The quantitative estimate of drug-likeness (QED) is 0.694. The second-order valence-corrected chi connectivity index (χ2v) is 7.18. The molecule has 0 atom stereocenters. The van der Waals surface area contributed by atoms with E-state index in [4.69, 9.17) is 11.6 Å². The maximum absolute atomic E-state index is 13.1. The maximum Gasteiger partial charge on any atom is 0.272 e. The molecule has 1 saturated heterocycles. The van der Waals surface area contributed by atoms with Gasteiger partial charge < -0.3 is 9.80 Å². The number of imidazole rings is 1. The summed E-state index contributed by atoms with van der Waals surface area (Å²) in [5.74, 6) is 0.0150. The lowest BCUT2D eigenvalue weighted by Gasteiger charge is -2.36. The van der Waals surface area contributed by atoms with Crippen molar-refractivity contribution in [1.29, 1.82) is 0 Å². The molecule has 1 aliphatic heterocycles. The van der Waals surface area contributed by atoms with E-state index in [1.807, 2.05) is 17.9 Å². The van der Waals surface area contributed by atoms with Crippen molar-refractivity contribution in [2.75, 3.05) is 31.1 Å². The molecule has 1 amide bonds. The molecular weight excluding hydrogens is 348 g/mol. The first-order valence-electron chi connectivity index (χ1n) is 8.78. The van der Waals surface area contributed by atoms with Crippen molar-refractivity contribution < 1.29 is 4.79 Å². The highest BCUT2D eigenvalue weighted by atomic mass is 35.5. The van der Waals surface area contributed by atoms with Gasteiger partial charge in [-0.2, -0.15) is 0 Å². The number of carbonyl (C=O) groups is 1. The predicted octanol–water partition coefficient (Wildman–Crippen LogP) is 3.57. The van der Waals surface area contributed by atoms with Gasteiger partial charge in [0.2, 0.25) is 0 Å². The van der Waals surface area contributed by atoms with Crippen LogP contribution < -0.4 is 4.90 Å². The Morgan fingerprint density at radius 1 is 1.08 bits per heavy atom. The van der Waals surface area contributed by atoms with Gasteiger partial charge in [-0.3, -0.25) is 9.20 Å². The van der Waals surface area contributed by atoms with Gasteiger partial charge in [0, 0.05) is 38.1 Å². The number of hydrogen-bond acceptors (Lipinski definition) is 3. The number of hydrogen-bond donors (Lipinski definition) is 0. The first-order valence-corrected chi connectivity index (χ1v) is 9.16. The zero-order chi connectivity index (χ0) is 18.3. The van der Waals surface area contributed by atoms with Gasteiger partial charge in [0.1, 0.15) is 11.3 Å². The van der Waals surface area contributed by atoms with Crippen molar-refractivity contribution in [3.63, 3.8) is 0 Å². The molecule has 1 fully saturated rings. The summed E-state index contributed by atoms with van der Waals surface area (Å²) in [5.41, 5.74) is 4.55. The number of aromatic nitrogens is 2. The lowest BCUT2D eigenvalue weighted by atomic mass is 10.2. The number of anilines is 1. The van der Waals surface area contributed by atoms with Crippen molar-refractivity contribution in [2.45, 2.75) is 13.8 Å². The molecule has 0 saturated carbocycles. The van der Waals surface area contributed by atoms with Crippen molar-refractivity contribution in [3.05, 3.63) is 64.6 Å². The van der Waals surface area contributed by atoms with Gasteiger partial charge in [0.05, 0.1) is 10.7 Å². The first kappa shape index (κ1) is 16.9. The van der Waals surface area contributed by atoms with Crippen LogP contribution >= 0.6 is 11.6 Å². The molecule has 0 aliphatic carbocycles. The minimum Gasteiger partial charge on any atom is -0.368 e. The van der Waals surface area contributed by atoms with Crippen molar-refractivity contribution >= 4 is 28.8 Å². The summed E-state index contributed by atoms with van der Waals surface area (Å²) in [5, 5.41) is 0.591. The molecule has 0 unspecified atom stereocenters. The van der Waals surface area contributed by atoms with Crippen LogP contribution in [0.2, 0.25) is 5.02 Å². The first-order chi connectivity index (χ1) is 12.5. The number of aryl methyl sites for hydroxylation is 2. The minimum atomic E-state index is 0.0150. The van der Waals surface area contributed by atoms with Crippen molar-refractivity contribution in [3.8, 4) is 0 Å². The zero-order valence-corrected chi connectivity index (χ0v) is 15.7. The highest BCUT2D eigenvalue weighted by Crippen LogP contribution is 2.21. The van der Waals surface area contributed by atoms with E-state index in [-0.39, 0.29) is 5.91 Å². The average Bonchev–Trinajstić information content (AvgIpc) is 2.96. The summed E-state index contributed by atoms with van der Waals surface area (Å²) in [6.45, 7) is 7.01. The Morgan fingerprint density at radius 3 is 2.58 bits per heavy atom. The Hall–Kier alpha value is -2.53. The number of halogens is 1. The lowest BCUT2D eigenvalue weighted by molar-refractivity contribution is 0.0739. The summed E-state index contributed by atoms with van der Waals surface area (Å²) in [6.07, 6.45) is 1.76. The number of pyridine rings is 1. The summed E-state index contributed by atoms with van der Waals surface area (Å²) < 4.78 is 1.80. The van der Waals surface area contributed by atoms with E-state index >= 15 is 0 Å². The van der Waals surface area contributed by atoms with E-state index in [9.17, 15) is 4.79 Å². The lowest BCUT2D eigenvalue weighted by Crippen LogP contribution is -2.49. The second-order valence-electron chi connectivity index (χ2n) is 6.74. The number of rotatable bonds is 2. The number of nitrogens with zero attached hydrogens (tertiary/aromatic N) is 4. The minimum absolute atomic E-state index is 0.0150. The number of benzene rings is 1. The Labute approximate surface area is 157 Å². The van der Waals surface area contributed by atoms with Gasteiger partial charge in [-0.05, 0) is 43.7 Å². The SMILES string of the molecule is Cc1cccc(N2CCN(C(=O)c3c(C)nc4ccc(Cl)cn34)CC2)c1. The van der Waals surface area contributed by atoms with Crippen LogP contribution in [0, 0.1) is 13.8 Å². The Bertz CT molecular complexity index is 973. The van der Waals surface area contributed by atoms with Gasteiger partial charge in [-0.1, -0.05) is 23.7 Å². The van der Waals surface area contributed by atoms with Crippen molar-refractivity contribution in [1.82, 2.24) is 14.3 Å². The van der Waals surface area contributed by atoms with E-state index in [1.54, 1.807) is 16.7 Å². The molecule has 134 valence electrons. The summed E-state index contributed by atoms with van der Waals surface area (Å²) in [4.78, 5) is 21.8. The van der Waals surface area contributed by atoms with E-state index in [0.717, 1.165) is 24.4 Å². The highest BCUT2D eigenvalue weighted by molar-refractivity contribution is 6.30. The normalized spacial score (nSPS) is 14.9. The second kappa shape index (κ2) is 6.65. The van der Waals surface area contributed by atoms with Crippen LogP contribution in [0.25, 0.3) is 5.65 Å². The van der Waals surface area contributed by atoms with Crippen LogP contribution in [0.3, 0.4) is 0 Å². The van der Waals surface area contributed by atoms with E-state index in [1.165, 1.54) is 11.3 Å². The van der Waals surface area contributed by atoms with Gasteiger partial charge in [0.15, 0.2) is 0 Å². The molecule has 2 aromatic heterocycles. The smallest absolute Gasteiger partial charge is 0.272 e. The van der Waals surface area contributed by atoms with Crippen LogP contribution in [-0.2, 0) is 0 Å². The van der Waals surface area contributed by atoms with Crippen LogP contribution in [0.5, 0.6) is 0 Å². The van der Waals surface area contributed by atoms with E-state index < -0.39 is 0 Å². The molecule has 26 heavy (non-hydrogen) atoms. The predicted molar refractivity (Wildman–Crippen MR) is 104 cm³/mol. The summed E-state index contributed by atoms with van der Waals surface area (Å²) in [6, 6.07) is 12.1. The Balaban J connectivity index is 1.54. The number of piperazine rings is 1. The topological polar surface area (TPSA) is 40.8 Å². The molecule has 5 nitrogen and oxygen atoms in total. The molecule has 3 heterocycles. The fraction of sp³-hybridized carbons (Fsp3) is 0.300. The average molecular weight is 369 g/mol. The van der Waals surface area contributed by atoms with E-state index in [2.05, 4.69) is 41.1 Å². The van der Waals surface area contributed by atoms with Crippen molar-refractivity contribution in [2.24, 2.45) is 0 Å². The molecule has 0 bridgehead atoms. The van der Waals surface area contributed by atoms with Gasteiger partial charge >= 0.3 is 0 Å². The number of amides is 1. The molecular formula is C20H21ClN4O. The summed E-state index contributed by atoms with van der Waals surface area (Å²) in [7, 11) is 0. The molecule has 1 aromatic carbocycles. The third-order valence-electron chi connectivity index (χ3n) is 4.89. The third kappa shape index (κ3) is 3.03. The number of fused-ring (bicyclic) bond motifs is 1. The third-order valence-corrected chi connectivity index (χ3v) is 5.12. The van der Waals surface area contributed by atoms with Crippen LogP contribution in [0.15, 0.2) is 42.6 Å². The molecule has 3 aromatic rings. The van der Waals surface area contributed by atoms with Gasteiger partial charge in [0.25, 0.3) is 5.91 Å². The number of carbonyl (C=O) groups excluding carboxylic acids is 1. The largest absolute Gasteiger partial charge is 0.368 e. The Kier molecular flexibility index (Phi) is 4.32. The van der Waals surface area contributed by atoms with Gasteiger partial charge in [-0.15, -0.1) is 0 Å². The van der Waals surface area contributed by atoms with E-state index in [0.29, 0.717) is 23.8 Å². The zero-order valence-electron chi connectivity index (χ0n) is 14.9. The molecule has 0 N–H and O–H groups in total. The Morgan fingerprint density at radius 2 is 1.85 bits per heavy atom. The fourth-order valence-electron chi connectivity index (χ4n) is 3.54. The van der Waals surface area contributed by atoms with Gasteiger partial charge in [-0.25, -0.2) is 4.98 Å². The van der Waals surface area contributed by atoms with Crippen LogP contribution in [0.1, 0.15) is 21.7 Å². The molecule has 1 aliphatic rings. The maximum atomic E-state index is 13.1. The standard InChI is InChI=1S/C20H21ClN4O/c1-14-4-3-5-17(12-14)23-8-10-24(11-9-23)20(26)19-15(2)22-18-7-6-16(21)13-25(18)19/h3-7,12-13H,8-11H2,1-2H3. The van der Waals surface area contributed by atoms with Crippen LogP contribution in [-0.4, -0.2) is 46.4 Å². The molecule has 4 rings (SSSR count). The molecule has 0 radical (unpaired) electrons. The van der Waals surface area contributed by atoms with Crippen LogP contribution in [0.4, 0.5) is 5.69 Å². The fourth-order valence-corrected chi connectivity index (χ4v) is 3.70.